The highest BCUT2D eigenvalue weighted by molar-refractivity contribution is 8.26. The maximum absolute atomic E-state index is 12.7. The predicted molar refractivity (Wildman–Crippen MR) is 114 cm³/mol. The molecular formula is C20H18N2O4S2. The number of nitrogens with one attached hydrogen (secondary N) is 1. The minimum absolute atomic E-state index is 0.136. The summed E-state index contributed by atoms with van der Waals surface area (Å²) in [5.41, 5.74) is 1.44. The fourth-order valence-electron chi connectivity index (χ4n) is 2.60. The van der Waals surface area contributed by atoms with Crippen LogP contribution >= 0.6 is 24.0 Å². The summed E-state index contributed by atoms with van der Waals surface area (Å²) >= 11 is 6.45. The third-order valence-corrected chi connectivity index (χ3v) is 5.32. The largest absolute Gasteiger partial charge is 0.493 e. The molecule has 6 nitrogen and oxygen atoms in total. The van der Waals surface area contributed by atoms with E-state index in [1.165, 1.54) is 16.7 Å². The zero-order valence-electron chi connectivity index (χ0n) is 15.3. The van der Waals surface area contributed by atoms with Gasteiger partial charge in [-0.25, -0.2) is 0 Å². The Kier molecular flexibility index (Phi) is 6.33. The summed E-state index contributed by atoms with van der Waals surface area (Å²) in [6, 6.07) is 14.4. The molecule has 0 bridgehead atoms. The molecule has 2 aromatic carbocycles. The van der Waals surface area contributed by atoms with Crippen molar-refractivity contribution in [1.82, 2.24) is 4.90 Å². The lowest BCUT2D eigenvalue weighted by atomic mass is 10.2. The highest BCUT2D eigenvalue weighted by atomic mass is 32.2. The topological polar surface area (TPSA) is 67.9 Å². The van der Waals surface area contributed by atoms with Gasteiger partial charge in [0.25, 0.3) is 5.91 Å². The number of para-hydroxylation sites is 1. The number of hydrogen-bond donors (Lipinski definition) is 1. The summed E-state index contributed by atoms with van der Waals surface area (Å²) in [5.74, 6) is 0.557. The average molecular weight is 415 g/mol. The molecule has 1 heterocycles. The first-order chi connectivity index (χ1) is 13.5. The van der Waals surface area contributed by atoms with Gasteiger partial charge in [-0.2, -0.15) is 0 Å². The smallest absolute Gasteiger partial charge is 0.266 e. The van der Waals surface area contributed by atoms with E-state index in [4.69, 9.17) is 21.7 Å². The van der Waals surface area contributed by atoms with Crippen LogP contribution in [0.2, 0.25) is 0 Å². The molecule has 1 N–H and O–H groups in total. The Morgan fingerprint density at radius 2 is 1.86 bits per heavy atom. The van der Waals surface area contributed by atoms with Crippen LogP contribution in [0.1, 0.15) is 5.56 Å². The van der Waals surface area contributed by atoms with Crippen LogP contribution in [0, 0.1) is 0 Å². The number of hydrogen-bond acceptors (Lipinski definition) is 6. The molecule has 2 aromatic rings. The van der Waals surface area contributed by atoms with E-state index in [9.17, 15) is 9.59 Å². The van der Waals surface area contributed by atoms with Crippen molar-refractivity contribution in [3.05, 3.63) is 59.0 Å². The van der Waals surface area contributed by atoms with Gasteiger partial charge in [-0.05, 0) is 35.9 Å². The number of amides is 2. The van der Waals surface area contributed by atoms with Crippen LogP contribution in [0.3, 0.4) is 0 Å². The number of anilines is 1. The van der Waals surface area contributed by atoms with Gasteiger partial charge in [-0.15, -0.1) is 0 Å². The van der Waals surface area contributed by atoms with Gasteiger partial charge in [-0.1, -0.05) is 48.2 Å². The van der Waals surface area contributed by atoms with Crippen LogP contribution < -0.4 is 14.8 Å². The number of methoxy groups -OCH3 is 2. The molecule has 0 aliphatic carbocycles. The van der Waals surface area contributed by atoms with E-state index < -0.39 is 0 Å². The van der Waals surface area contributed by atoms with Crippen molar-refractivity contribution in [2.24, 2.45) is 0 Å². The van der Waals surface area contributed by atoms with Gasteiger partial charge in [-0.3, -0.25) is 14.5 Å². The van der Waals surface area contributed by atoms with Crippen LogP contribution in [-0.2, 0) is 9.59 Å². The molecule has 2 amide bonds. The normalized spacial score (nSPS) is 15.1. The SMILES string of the molecule is COc1ccc(C=C2SC(=S)N(CC(=O)Nc3ccccc3)C2=O)cc1OC. The highest BCUT2D eigenvalue weighted by Gasteiger charge is 2.33. The molecule has 0 aromatic heterocycles. The molecule has 0 spiro atoms. The van der Waals surface area contributed by atoms with Crippen molar-refractivity contribution in [1.29, 1.82) is 0 Å². The average Bonchev–Trinajstić information content (AvgIpc) is 2.96. The van der Waals surface area contributed by atoms with Crippen LogP contribution in [0.4, 0.5) is 5.69 Å². The second-order valence-electron chi connectivity index (χ2n) is 5.80. The number of ether oxygens (including phenoxy) is 2. The number of nitrogens with zero attached hydrogens (tertiary/aromatic N) is 1. The molecule has 1 saturated heterocycles. The summed E-state index contributed by atoms with van der Waals surface area (Å²) in [6.45, 7) is -0.136. The van der Waals surface area contributed by atoms with Gasteiger partial charge in [0.15, 0.2) is 11.5 Å². The van der Waals surface area contributed by atoms with Crippen molar-refractivity contribution >= 4 is 51.9 Å². The van der Waals surface area contributed by atoms with E-state index in [1.54, 1.807) is 44.6 Å². The monoisotopic (exact) mass is 414 g/mol. The molecule has 144 valence electrons. The molecule has 0 radical (unpaired) electrons. The maximum Gasteiger partial charge on any atom is 0.266 e. The number of carbonyl (C=O) groups excluding carboxylic acids is 2. The quantitative estimate of drug-likeness (QED) is 0.576. The van der Waals surface area contributed by atoms with E-state index in [2.05, 4.69) is 5.32 Å². The van der Waals surface area contributed by atoms with Crippen molar-refractivity contribution in [2.45, 2.75) is 0 Å². The van der Waals surface area contributed by atoms with E-state index in [0.717, 1.165) is 5.56 Å². The first-order valence-corrected chi connectivity index (χ1v) is 9.56. The van der Waals surface area contributed by atoms with Gasteiger partial charge < -0.3 is 14.8 Å². The second-order valence-corrected chi connectivity index (χ2v) is 7.47. The van der Waals surface area contributed by atoms with Crippen LogP contribution in [-0.4, -0.2) is 41.8 Å². The number of thioether (sulfide) groups is 1. The van der Waals surface area contributed by atoms with Gasteiger partial charge in [0, 0.05) is 5.69 Å². The lowest BCUT2D eigenvalue weighted by molar-refractivity contribution is -0.126. The van der Waals surface area contributed by atoms with Crippen LogP contribution in [0.25, 0.3) is 6.08 Å². The summed E-state index contributed by atoms with van der Waals surface area (Å²) in [6.07, 6.45) is 1.72. The lowest BCUT2D eigenvalue weighted by Gasteiger charge is -2.14. The Bertz CT molecular complexity index is 944. The van der Waals surface area contributed by atoms with E-state index in [1.807, 2.05) is 24.3 Å². The molecule has 0 unspecified atom stereocenters. The van der Waals surface area contributed by atoms with Crippen molar-refractivity contribution < 1.29 is 19.1 Å². The first-order valence-electron chi connectivity index (χ1n) is 8.34. The minimum atomic E-state index is -0.310. The molecule has 0 atom stereocenters. The van der Waals surface area contributed by atoms with Gasteiger partial charge in [0.2, 0.25) is 5.91 Å². The first kappa shape index (κ1) is 19.9. The lowest BCUT2D eigenvalue weighted by Crippen LogP contribution is -2.36. The Morgan fingerprint density at radius 3 is 2.54 bits per heavy atom. The number of rotatable bonds is 6. The Morgan fingerprint density at radius 1 is 1.14 bits per heavy atom. The van der Waals surface area contributed by atoms with Crippen molar-refractivity contribution in [3.8, 4) is 11.5 Å². The molecule has 1 aliphatic rings. The molecule has 1 aliphatic heterocycles. The van der Waals surface area contributed by atoms with Crippen LogP contribution in [0.15, 0.2) is 53.4 Å². The highest BCUT2D eigenvalue weighted by Crippen LogP contribution is 2.34. The number of carbonyl (C=O) groups is 2. The van der Waals surface area contributed by atoms with Gasteiger partial charge >= 0.3 is 0 Å². The predicted octanol–water partition coefficient (Wildman–Crippen LogP) is 3.54. The molecule has 3 rings (SSSR count). The fraction of sp³-hybridized carbons (Fsp3) is 0.150. The maximum atomic E-state index is 12.7. The van der Waals surface area contributed by atoms with Gasteiger partial charge in [0.1, 0.15) is 10.9 Å². The third-order valence-electron chi connectivity index (χ3n) is 3.94. The third kappa shape index (κ3) is 4.52. The Labute approximate surface area is 172 Å². The van der Waals surface area contributed by atoms with E-state index in [0.29, 0.717) is 26.4 Å². The zero-order valence-corrected chi connectivity index (χ0v) is 16.9. The second kappa shape index (κ2) is 8.90. The number of benzene rings is 2. The number of thiocarbonyl (C=S) groups is 1. The molecule has 28 heavy (non-hydrogen) atoms. The summed E-state index contributed by atoms with van der Waals surface area (Å²) in [5, 5.41) is 2.75. The van der Waals surface area contributed by atoms with E-state index >= 15 is 0 Å². The van der Waals surface area contributed by atoms with Crippen molar-refractivity contribution in [2.75, 3.05) is 26.1 Å². The molecule has 8 heteroatoms. The molecule has 0 saturated carbocycles. The van der Waals surface area contributed by atoms with Crippen LogP contribution in [0.5, 0.6) is 11.5 Å². The molecule has 1 fully saturated rings. The fourth-order valence-corrected chi connectivity index (χ4v) is 3.85. The summed E-state index contributed by atoms with van der Waals surface area (Å²) in [7, 11) is 3.11. The molecular weight excluding hydrogens is 396 g/mol. The summed E-state index contributed by atoms with van der Waals surface area (Å²) in [4.78, 5) is 26.7. The van der Waals surface area contributed by atoms with Gasteiger partial charge in [0.05, 0.1) is 19.1 Å². The summed E-state index contributed by atoms with van der Waals surface area (Å²) < 4.78 is 10.8. The standard InChI is InChI=1S/C20H18N2O4S2/c1-25-15-9-8-13(10-16(15)26-2)11-17-19(24)22(20(27)28-17)12-18(23)21-14-6-4-3-5-7-14/h3-11H,12H2,1-2H3,(H,21,23). The van der Waals surface area contributed by atoms with E-state index in [-0.39, 0.29) is 18.4 Å². The zero-order chi connectivity index (χ0) is 20.1. The Balaban J connectivity index is 1.72. The van der Waals surface area contributed by atoms with Crippen molar-refractivity contribution in [3.63, 3.8) is 0 Å². The Hall–Kier alpha value is -2.84. The minimum Gasteiger partial charge on any atom is -0.493 e.